The van der Waals surface area contributed by atoms with Crippen LogP contribution in [0.5, 0.6) is 5.75 Å². The van der Waals surface area contributed by atoms with E-state index in [0.29, 0.717) is 24.6 Å². The van der Waals surface area contributed by atoms with Crippen LogP contribution in [0.3, 0.4) is 0 Å². The molecule has 3 rings (SSSR count). The van der Waals surface area contributed by atoms with E-state index in [1.54, 1.807) is 0 Å². The molecular formula is C21H23ClN2O2. The third kappa shape index (κ3) is 5.90. The second-order valence-corrected chi connectivity index (χ2v) is 6.77. The molecule has 0 unspecified atom stereocenters. The number of halogens is 1. The van der Waals surface area contributed by atoms with E-state index >= 15 is 0 Å². The minimum absolute atomic E-state index is 0.0271. The van der Waals surface area contributed by atoms with E-state index < -0.39 is 0 Å². The molecule has 1 aliphatic heterocycles. The SMILES string of the molecule is O=C(Cc1cccc(OCc2ccc(Cl)cc2)c1)NCC1=CCNCC1. The molecule has 1 heterocycles. The highest BCUT2D eigenvalue weighted by Crippen LogP contribution is 2.17. The Hall–Kier alpha value is -2.30. The van der Waals surface area contributed by atoms with E-state index in [9.17, 15) is 4.79 Å². The number of hydrogen-bond donors (Lipinski definition) is 2. The molecule has 0 aromatic heterocycles. The molecule has 4 nitrogen and oxygen atoms in total. The maximum Gasteiger partial charge on any atom is 0.224 e. The molecule has 2 aromatic rings. The predicted octanol–water partition coefficient (Wildman–Crippen LogP) is 3.50. The Bertz CT molecular complexity index is 772. The van der Waals surface area contributed by atoms with Gasteiger partial charge in [-0.2, -0.15) is 0 Å². The smallest absolute Gasteiger partial charge is 0.224 e. The molecule has 5 heteroatoms. The minimum atomic E-state index is 0.0271. The van der Waals surface area contributed by atoms with Crippen molar-refractivity contribution in [2.45, 2.75) is 19.4 Å². The highest BCUT2D eigenvalue weighted by atomic mass is 35.5. The Balaban J connectivity index is 1.49. The fourth-order valence-electron chi connectivity index (χ4n) is 2.78. The molecule has 136 valence electrons. The van der Waals surface area contributed by atoms with Gasteiger partial charge in [-0.25, -0.2) is 0 Å². The Morgan fingerprint density at radius 1 is 1.15 bits per heavy atom. The van der Waals surface area contributed by atoms with Gasteiger partial charge < -0.3 is 15.4 Å². The van der Waals surface area contributed by atoms with E-state index in [-0.39, 0.29) is 5.91 Å². The normalized spacial score (nSPS) is 13.8. The molecule has 0 saturated heterocycles. The van der Waals surface area contributed by atoms with Crippen LogP contribution in [0, 0.1) is 0 Å². The first kappa shape index (κ1) is 18.5. The van der Waals surface area contributed by atoms with Crippen molar-refractivity contribution in [2.75, 3.05) is 19.6 Å². The second-order valence-electron chi connectivity index (χ2n) is 6.33. The van der Waals surface area contributed by atoms with Crippen molar-refractivity contribution in [1.82, 2.24) is 10.6 Å². The Morgan fingerprint density at radius 3 is 2.77 bits per heavy atom. The molecule has 0 aliphatic carbocycles. The van der Waals surface area contributed by atoms with Gasteiger partial charge in [0.1, 0.15) is 12.4 Å². The summed E-state index contributed by atoms with van der Waals surface area (Å²) in [4.78, 5) is 12.2. The molecule has 0 bridgehead atoms. The Labute approximate surface area is 159 Å². The second kappa shape index (κ2) is 9.41. The van der Waals surface area contributed by atoms with Gasteiger partial charge in [0, 0.05) is 18.1 Å². The van der Waals surface area contributed by atoms with Crippen LogP contribution >= 0.6 is 11.6 Å². The van der Waals surface area contributed by atoms with Gasteiger partial charge in [-0.05, 0) is 48.4 Å². The third-order valence-electron chi connectivity index (χ3n) is 4.25. The molecule has 26 heavy (non-hydrogen) atoms. The fourth-order valence-corrected chi connectivity index (χ4v) is 2.91. The summed E-state index contributed by atoms with van der Waals surface area (Å²) in [6, 6.07) is 15.2. The monoisotopic (exact) mass is 370 g/mol. The molecular weight excluding hydrogens is 348 g/mol. The number of carbonyl (C=O) groups is 1. The van der Waals surface area contributed by atoms with Crippen LogP contribution in [0.1, 0.15) is 17.5 Å². The largest absolute Gasteiger partial charge is 0.489 e. The number of nitrogens with one attached hydrogen (secondary N) is 2. The summed E-state index contributed by atoms with van der Waals surface area (Å²) in [7, 11) is 0. The number of amides is 1. The highest BCUT2D eigenvalue weighted by Gasteiger charge is 2.07. The van der Waals surface area contributed by atoms with Crippen LogP contribution in [-0.4, -0.2) is 25.5 Å². The lowest BCUT2D eigenvalue weighted by Crippen LogP contribution is -2.30. The Kier molecular flexibility index (Phi) is 6.69. The topological polar surface area (TPSA) is 50.4 Å². The maximum absolute atomic E-state index is 12.2. The van der Waals surface area contributed by atoms with Crippen molar-refractivity contribution in [1.29, 1.82) is 0 Å². The van der Waals surface area contributed by atoms with E-state index in [2.05, 4.69) is 16.7 Å². The van der Waals surface area contributed by atoms with Gasteiger partial charge in [-0.15, -0.1) is 0 Å². The number of benzene rings is 2. The van der Waals surface area contributed by atoms with E-state index in [1.807, 2.05) is 48.5 Å². The van der Waals surface area contributed by atoms with Crippen LogP contribution in [-0.2, 0) is 17.8 Å². The van der Waals surface area contributed by atoms with Gasteiger partial charge in [0.05, 0.1) is 6.42 Å². The zero-order valence-electron chi connectivity index (χ0n) is 14.6. The zero-order valence-corrected chi connectivity index (χ0v) is 15.4. The average molecular weight is 371 g/mol. The maximum atomic E-state index is 12.2. The number of carbonyl (C=O) groups excluding carboxylic acids is 1. The number of ether oxygens (including phenoxy) is 1. The van der Waals surface area contributed by atoms with Crippen LogP contribution in [0.4, 0.5) is 0 Å². The van der Waals surface area contributed by atoms with Crippen molar-refractivity contribution < 1.29 is 9.53 Å². The Morgan fingerprint density at radius 2 is 2.00 bits per heavy atom. The summed E-state index contributed by atoms with van der Waals surface area (Å²) in [6.45, 7) is 2.97. The van der Waals surface area contributed by atoms with Crippen molar-refractivity contribution in [2.24, 2.45) is 0 Å². The molecule has 0 spiro atoms. The summed E-state index contributed by atoms with van der Waals surface area (Å²) >= 11 is 5.89. The predicted molar refractivity (Wildman–Crippen MR) is 105 cm³/mol. The molecule has 1 amide bonds. The summed E-state index contributed by atoms with van der Waals surface area (Å²) in [6.07, 6.45) is 3.49. The van der Waals surface area contributed by atoms with Crippen molar-refractivity contribution >= 4 is 17.5 Å². The van der Waals surface area contributed by atoms with E-state index in [0.717, 1.165) is 36.4 Å². The number of hydrogen-bond acceptors (Lipinski definition) is 3. The fraction of sp³-hybridized carbons (Fsp3) is 0.286. The lowest BCUT2D eigenvalue weighted by Gasteiger charge is -2.14. The van der Waals surface area contributed by atoms with Crippen molar-refractivity contribution in [3.63, 3.8) is 0 Å². The van der Waals surface area contributed by atoms with Gasteiger partial charge >= 0.3 is 0 Å². The first-order chi connectivity index (χ1) is 12.7. The van der Waals surface area contributed by atoms with Crippen LogP contribution < -0.4 is 15.4 Å². The molecule has 1 aliphatic rings. The van der Waals surface area contributed by atoms with Crippen LogP contribution in [0.15, 0.2) is 60.2 Å². The van der Waals surface area contributed by atoms with Crippen molar-refractivity contribution in [3.8, 4) is 5.75 Å². The standard InChI is InChI=1S/C21H23ClN2O2/c22-19-6-4-17(5-7-19)15-26-20-3-1-2-18(12-20)13-21(25)24-14-16-8-10-23-11-9-16/h1-8,12,23H,9-11,13-15H2,(H,24,25). The van der Waals surface area contributed by atoms with Crippen LogP contribution in [0.2, 0.25) is 5.02 Å². The summed E-state index contributed by atoms with van der Waals surface area (Å²) in [5.41, 5.74) is 3.28. The lowest BCUT2D eigenvalue weighted by molar-refractivity contribution is -0.120. The molecule has 0 atom stereocenters. The summed E-state index contributed by atoms with van der Waals surface area (Å²) in [5.74, 6) is 0.783. The van der Waals surface area contributed by atoms with Gasteiger partial charge in [-0.1, -0.05) is 47.5 Å². The van der Waals surface area contributed by atoms with Gasteiger partial charge in [0.2, 0.25) is 5.91 Å². The molecule has 0 fully saturated rings. The molecule has 0 radical (unpaired) electrons. The third-order valence-corrected chi connectivity index (χ3v) is 4.50. The van der Waals surface area contributed by atoms with Gasteiger partial charge in [0.15, 0.2) is 0 Å². The van der Waals surface area contributed by atoms with E-state index in [4.69, 9.17) is 16.3 Å². The zero-order chi connectivity index (χ0) is 18.2. The van der Waals surface area contributed by atoms with Crippen molar-refractivity contribution in [3.05, 3.63) is 76.3 Å². The highest BCUT2D eigenvalue weighted by molar-refractivity contribution is 6.30. The molecule has 2 N–H and O–H groups in total. The molecule has 2 aromatic carbocycles. The van der Waals surface area contributed by atoms with E-state index in [1.165, 1.54) is 5.57 Å². The minimum Gasteiger partial charge on any atom is -0.489 e. The quantitative estimate of drug-likeness (QED) is 0.733. The van der Waals surface area contributed by atoms with Gasteiger partial charge in [-0.3, -0.25) is 4.79 Å². The first-order valence-corrected chi connectivity index (χ1v) is 9.18. The number of rotatable bonds is 7. The van der Waals surface area contributed by atoms with Crippen LogP contribution in [0.25, 0.3) is 0 Å². The molecule has 0 saturated carbocycles. The van der Waals surface area contributed by atoms with Gasteiger partial charge in [0.25, 0.3) is 0 Å². The summed E-state index contributed by atoms with van der Waals surface area (Å²) < 4.78 is 5.82. The first-order valence-electron chi connectivity index (χ1n) is 8.80. The average Bonchev–Trinajstić information content (AvgIpc) is 2.67. The lowest BCUT2D eigenvalue weighted by atomic mass is 10.1. The summed E-state index contributed by atoms with van der Waals surface area (Å²) in [5, 5.41) is 6.97.